The highest BCUT2D eigenvalue weighted by atomic mass is 32.2. The average Bonchev–Trinajstić information content (AvgIpc) is 2.87. The Kier molecular flexibility index (Phi) is 6.08. The number of aromatic amines is 1. The van der Waals surface area contributed by atoms with Crippen molar-refractivity contribution in [2.24, 2.45) is 0 Å². The van der Waals surface area contributed by atoms with Gasteiger partial charge in [0.05, 0.1) is 4.90 Å². The number of sulfonamides is 1. The first-order valence-electron chi connectivity index (χ1n) is 10.9. The molecule has 2 heterocycles. The Labute approximate surface area is 173 Å². The molecule has 0 bridgehead atoms. The highest BCUT2D eigenvalue weighted by Gasteiger charge is 2.25. The molecule has 1 aliphatic heterocycles. The van der Waals surface area contributed by atoms with Gasteiger partial charge in [0, 0.05) is 41.7 Å². The quantitative estimate of drug-likeness (QED) is 0.755. The van der Waals surface area contributed by atoms with Crippen LogP contribution in [0.5, 0.6) is 0 Å². The zero-order valence-corrected chi connectivity index (χ0v) is 18.0. The number of carbonyl (C=O) groups excluding carboxylic acids is 1. The molecule has 1 fully saturated rings. The molecular formula is C22H31N3O3S. The van der Waals surface area contributed by atoms with Crippen LogP contribution in [0, 0.1) is 0 Å². The van der Waals surface area contributed by atoms with Crippen molar-refractivity contribution in [3.63, 3.8) is 0 Å². The van der Waals surface area contributed by atoms with Crippen LogP contribution in [-0.2, 0) is 22.9 Å². The van der Waals surface area contributed by atoms with Crippen LogP contribution in [0.1, 0.15) is 67.1 Å². The first-order valence-corrected chi connectivity index (χ1v) is 12.4. The maximum atomic E-state index is 13.1. The van der Waals surface area contributed by atoms with E-state index in [0.29, 0.717) is 24.3 Å². The number of likely N-dealkylation sites (tertiary alicyclic amines) is 1. The molecule has 0 spiro atoms. The third-order valence-electron chi connectivity index (χ3n) is 6.26. The first-order chi connectivity index (χ1) is 14.0. The van der Waals surface area contributed by atoms with E-state index >= 15 is 0 Å². The molecule has 7 heteroatoms. The number of nitrogens with zero attached hydrogens (tertiary/aromatic N) is 1. The van der Waals surface area contributed by atoms with E-state index in [2.05, 4.69) is 14.6 Å². The predicted molar refractivity (Wildman–Crippen MR) is 115 cm³/mol. The summed E-state index contributed by atoms with van der Waals surface area (Å²) in [6, 6.07) is 3.62. The number of hydrogen-bond donors (Lipinski definition) is 2. The van der Waals surface area contributed by atoms with E-state index in [-0.39, 0.29) is 5.78 Å². The number of H-pyrrole nitrogens is 1. The lowest BCUT2D eigenvalue weighted by Gasteiger charge is -2.20. The maximum absolute atomic E-state index is 13.1. The van der Waals surface area contributed by atoms with Crippen molar-refractivity contribution < 1.29 is 13.2 Å². The molecule has 2 N–H and O–H groups in total. The van der Waals surface area contributed by atoms with E-state index in [1.807, 2.05) is 13.0 Å². The van der Waals surface area contributed by atoms with Crippen molar-refractivity contribution in [1.29, 1.82) is 0 Å². The fraction of sp³-hybridized carbons (Fsp3) is 0.591. The first kappa shape index (κ1) is 20.6. The lowest BCUT2D eigenvalue weighted by Crippen LogP contribution is -2.35. The van der Waals surface area contributed by atoms with Gasteiger partial charge in [-0.2, -0.15) is 0 Å². The molecule has 158 valence electrons. The number of rotatable bonds is 6. The summed E-state index contributed by atoms with van der Waals surface area (Å²) in [6.45, 7) is 5.22. The third-order valence-corrected chi connectivity index (χ3v) is 7.80. The van der Waals surface area contributed by atoms with Crippen LogP contribution in [0.2, 0.25) is 0 Å². The van der Waals surface area contributed by atoms with Crippen LogP contribution in [0.15, 0.2) is 17.0 Å². The van der Waals surface area contributed by atoms with E-state index in [9.17, 15) is 13.2 Å². The number of hydrogen-bond acceptors (Lipinski definition) is 4. The van der Waals surface area contributed by atoms with Gasteiger partial charge in [-0.05, 0) is 62.9 Å². The number of fused-ring (bicyclic) bond motifs is 3. The summed E-state index contributed by atoms with van der Waals surface area (Å²) in [7, 11) is -3.60. The Balaban J connectivity index is 1.57. The summed E-state index contributed by atoms with van der Waals surface area (Å²) < 4.78 is 28.9. The Bertz CT molecular complexity index is 1000. The number of aromatic nitrogens is 1. The van der Waals surface area contributed by atoms with Crippen molar-refractivity contribution in [3.8, 4) is 0 Å². The molecule has 2 aromatic rings. The Morgan fingerprint density at radius 2 is 1.83 bits per heavy atom. The second-order valence-electron chi connectivity index (χ2n) is 8.27. The smallest absolute Gasteiger partial charge is 0.240 e. The van der Waals surface area contributed by atoms with Gasteiger partial charge in [-0.15, -0.1) is 0 Å². The summed E-state index contributed by atoms with van der Waals surface area (Å²) in [6.07, 6.45) is 7.79. The molecular weight excluding hydrogens is 386 g/mol. The van der Waals surface area contributed by atoms with Gasteiger partial charge in [0.25, 0.3) is 0 Å². The number of ketones is 1. The van der Waals surface area contributed by atoms with Gasteiger partial charge in [-0.25, -0.2) is 13.1 Å². The van der Waals surface area contributed by atoms with Crippen molar-refractivity contribution in [3.05, 3.63) is 29.0 Å². The van der Waals surface area contributed by atoms with Gasteiger partial charge in [0.15, 0.2) is 5.78 Å². The normalized spacial score (nSPS) is 18.7. The molecule has 1 aromatic carbocycles. The summed E-state index contributed by atoms with van der Waals surface area (Å²) >= 11 is 0. The van der Waals surface area contributed by atoms with E-state index in [0.717, 1.165) is 60.2 Å². The average molecular weight is 418 g/mol. The summed E-state index contributed by atoms with van der Waals surface area (Å²) in [5.41, 5.74) is 3.22. The Hall–Kier alpha value is -1.70. The molecule has 2 aliphatic rings. The number of benzene rings is 1. The molecule has 1 aliphatic carbocycles. The third kappa shape index (κ3) is 4.27. The van der Waals surface area contributed by atoms with Gasteiger partial charge in [-0.1, -0.05) is 19.8 Å². The van der Waals surface area contributed by atoms with Crippen LogP contribution in [0.3, 0.4) is 0 Å². The van der Waals surface area contributed by atoms with Crippen molar-refractivity contribution >= 4 is 26.7 Å². The van der Waals surface area contributed by atoms with Crippen LogP contribution in [0.25, 0.3) is 10.9 Å². The van der Waals surface area contributed by atoms with Crippen LogP contribution < -0.4 is 4.72 Å². The lowest BCUT2D eigenvalue weighted by atomic mass is 9.94. The Morgan fingerprint density at radius 3 is 2.55 bits per heavy atom. The molecule has 1 aromatic heterocycles. The summed E-state index contributed by atoms with van der Waals surface area (Å²) in [5.74, 6) is 0.158. The molecule has 0 radical (unpaired) electrons. The van der Waals surface area contributed by atoms with Crippen LogP contribution >= 0.6 is 0 Å². The topological polar surface area (TPSA) is 82.3 Å². The van der Waals surface area contributed by atoms with Crippen LogP contribution in [0.4, 0.5) is 0 Å². The van der Waals surface area contributed by atoms with E-state index in [1.54, 1.807) is 6.07 Å². The molecule has 4 rings (SSSR count). The highest BCUT2D eigenvalue weighted by molar-refractivity contribution is 7.89. The fourth-order valence-corrected chi connectivity index (χ4v) is 6.02. The molecule has 0 unspecified atom stereocenters. The number of carbonyl (C=O) groups is 1. The number of nitrogens with one attached hydrogen (secondary N) is 2. The van der Waals surface area contributed by atoms with E-state index in [1.165, 1.54) is 25.7 Å². The zero-order chi connectivity index (χ0) is 20.4. The largest absolute Gasteiger partial charge is 0.358 e. The monoisotopic (exact) mass is 417 g/mol. The second-order valence-corrected chi connectivity index (χ2v) is 10.0. The molecule has 0 saturated carbocycles. The fourth-order valence-electron chi connectivity index (χ4n) is 4.68. The number of aryl methyl sites for hydroxylation is 2. The zero-order valence-electron chi connectivity index (χ0n) is 17.2. The lowest BCUT2D eigenvalue weighted by molar-refractivity contribution is 0.0974. The van der Waals surface area contributed by atoms with Gasteiger partial charge >= 0.3 is 0 Å². The SMILES string of the molecule is CCc1cc2c3c([nH]c2cc1S(=O)(=O)NCCN1CCCCCC1)CCCC3=O. The van der Waals surface area contributed by atoms with Gasteiger partial charge in [0.2, 0.25) is 10.0 Å². The van der Waals surface area contributed by atoms with Crippen molar-refractivity contribution in [1.82, 2.24) is 14.6 Å². The molecule has 0 amide bonds. The van der Waals surface area contributed by atoms with E-state index in [4.69, 9.17) is 0 Å². The molecule has 29 heavy (non-hydrogen) atoms. The molecule has 6 nitrogen and oxygen atoms in total. The molecule has 1 saturated heterocycles. The standard InChI is InChI=1S/C22H31N3O3S/c1-2-16-14-17-19(24-18-8-7-9-20(26)22(17)18)15-21(16)29(27,28)23-10-13-25-11-5-3-4-6-12-25/h14-15,23-24H,2-13H2,1H3. The minimum Gasteiger partial charge on any atom is -0.358 e. The van der Waals surface area contributed by atoms with Crippen LogP contribution in [-0.4, -0.2) is 50.3 Å². The van der Waals surface area contributed by atoms with E-state index < -0.39 is 10.0 Å². The van der Waals surface area contributed by atoms with Crippen molar-refractivity contribution in [2.45, 2.75) is 63.2 Å². The van der Waals surface area contributed by atoms with Gasteiger partial charge in [0.1, 0.15) is 0 Å². The Morgan fingerprint density at radius 1 is 1.07 bits per heavy atom. The van der Waals surface area contributed by atoms with Crippen molar-refractivity contribution in [2.75, 3.05) is 26.2 Å². The minimum atomic E-state index is -3.60. The number of Topliss-reactive ketones (excluding diaryl/α,β-unsaturated/α-hetero) is 1. The summed E-state index contributed by atoms with van der Waals surface area (Å²) in [5, 5.41) is 0.866. The second kappa shape index (κ2) is 8.58. The maximum Gasteiger partial charge on any atom is 0.240 e. The predicted octanol–water partition coefficient (Wildman–Crippen LogP) is 3.40. The van der Waals surface area contributed by atoms with Gasteiger partial charge in [-0.3, -0.25) is 4.79 Å². The van der Waals surface area contributed by atoms with Gasteiger partial charge < -0.3 is 9.88 Å². The summed E-state index contributed by atoms with van der Waals surface area (Å²) in [4.78, 5) is 18.4. The minimum absolute atomic E-state index is 0.158. The molecule has 0 atom stereocenters. The highest BCUT2D eigenvalue weighted by Crippen LogP contribution is 2.32.